The van der Waals surface area contributed by atoms with Crippen LogP contribution in [0.2, 0.25) is 0 Å². The minimum absolute atomic E-state index is 0.0407. The van der Waals surface area contributed by atoms with E-state index in [2.05, 4.69) is 4.98 Å². The van der Waals surface area contributed by atoms with Gasteiger partial charge in [-0.2, -0.15) is 0 Å². The largest absolute Gasteiger partial charge is 0.378 e. The van der Waals surface area contributed by atoms with E-state index in [0.717, 1.165) is 42.1 Å². The number of H-pyrrole nitrogens is 1. The van der Waals surface area contributed by atoms with Crippen molar-refractivity contribution in [3.8, 4) is 0 Å². The molecule has 1 N–H and O–H groups in total. The number of morpholine rings is 1. The van der Waals surface area contributed by atoms with Crippen molar-refractivity contribution in [2.75, 3.05) is 26.3 Å². The topological polar surface area (TPSA) is 65.6 Å². The molecule has 2 heterocycles. The summed E-state index contributed by atoms with van der Waals surface area (Å²) in [6.07, 6.45) is 5.54. The molecule has 6 heteroatoms. The Bertz CT molecular complexity index is 896. The number of aryl methyl sites for hydroxylation is 1. The lowest BCUT2D eigenvalue weighted by atomic mass is 9.94. The van der Waals surface area contributed by atoms with Gasteiger partial charge in [-0.1, -0.05) is 37.5 Å². The SMILES string of the molecule is Cc1cccc2cc(CN(C(=O)N3CCOCC3)C3CCCCC3)c(=O)[nH]c12. The first-order chi connectivity index (χ1) is 13.6. The van der Waals surface area contributed by atoms with Crippen LogP contribution >= 0.6 is 0 Å². The fourth-order valence-electron chi connectivity index (χ4n) is 4.41. The van der Waals surface area contributed by atoms with Gasteiger partial charge >= 0.3 is 6.03 Å². The Morgan fingerprint density at radius 3 is 2.71 bits per heavy atom. The Morgan fingerprint density at radius 2 is 1.96 bits per heavy atom. The summed E-state index contributed by atoms with van der Waals surface area (Å²) < 4.78 is 5.40. The van der Waals surface area contributed by atoms with Gasteiger partial charge in [-0.05, 0) is 36.8 Å². The van der Waals surface area contributed by atoms with Gasteiger partial charge in [0.2, 0.25) is 0 Å². The number of hydrogen-bond acceptors (Lipinski definition) is 3. The van der Waals surface area contributed by atoms with Crippen LogP contribution in [-0.4, -0.2) is 53.2 Å². The van der Waals surface area contributed by atoms with Crippen molar-refractivity contribution in [1.82, 2.24) is 14.8 Å². The first kappa shape index (κ1) is 19.0. The average molecular weight is 383 g/mol. The maximum absolute atomic E-state index is 13.3. The highest BCUT2D eigenvalue weighted by atomic mass is 16.5. The maximum Gasteiger partial charge on any atom is 0.320 e. The van der Waals surface area contributed by atoms with Crippen molar-refractivity contribution in [2.24, 2.45) is 0 Å². The lowest BCUT2D eigenvalue weighted by molar-refractivity contribution is 0.0356. The number of pyridine rings is 1. The molecule has 1 aromatic heterocycles. The molecular weight excluding hydrogens is 354 g/mol. The first-order valence-corrected chi connectivity index (χ1v) is 10.4. The number of aromatic nitrogens is 1. The zero-order valence-corrected chi connectivity index (χ0v) is 16.6. The molecule has 0 radical (unpaired) electrons. The third-order valence-corrected chi connectivity index (χ3v) is 6.05. The zero-order chi connectivity index (χ0) is 19.5. The molecule has 150 valence electrons. The molecule has 1 saturated carbocycles. The van der Waals surface area contributed by atoms with Crippen molar-refractivity contribution in [3.05, 3.63) is 45.7 Å². The number of ether oxygens (including phenoxy) is 1. The summed E-state index contributed by atoms with van der Waals surface area (Å²) in [6.45, 7) is 4.76. The minimum Gasteiger partial charge on any atom is -0.378 e. The normalized spacial score (nSPS) is 18.4. The molecule has 0 unspecified atom stereocenters. The summed E-state index contributed by atoms with van der Waals surface area (Å²) in [5.74, 6) is 0. The van der Waals surface area contributed by atoms with Crippen LogP contribution in [0.1, 0.15) is 43.2 Å². The van der Waals surface area contributed by atoms with E-state index in [1.54, 1.807) is 0 Å². The molecule has 0 atom stereocenters. The lowest BCUT2D eigenvalue weighted by Crippen LogP contribution is -2.52. The van der Waals surface area contributed by atoms with E-state index in [1.165, 1.54) is 6.42 Å². The monoisotopic (exact) mass is 383 g/mol. The van der Waals surface area contributed by atoms with Crippen LogP contribution in [0.5, 0.6) is 0 Å². The molecule has 1 aromatic carbocycles. The molecule has 2 amide bonds. The van der Waals surface area contributed by atoms with E-state index >= 15 is 0 Å². The van der Waals surface area contributed by atoms with Crippen LogP contribution in [0.15, 0.2) is 29.1 Å². The molecule has 1 aliphatic carbocycles. The van der Waals surface area contributed by atoms with Gasteiger partial charge in [-0.25, -0.2) is 4.79 Å². The first-order valence-electron chi connectivity index (χ1n) is 10.4. The molecule has 1 saturated heterocycles. The predicted molar refractivity (Wildman–Crippen MR) is 110 cm³/mol. The number of amides is 2. The summed E-state index contributed by atoms with van der Waals surface area (Å²) in [4.78, 5) is 32.9. The number of urea groups is 1. The van der Waals surface area contributed by atoms with Crippen molar-refractivity contribution >= 4 is 16.9 Å². The van der Waals surface area contributed by atoms with Crippen LogP contribution in [0.4, 0.5) is 4.79 Å². The van der Waals surface area contributed by atoms with Crippen molar-refractivity contribution < 1.29 is 9.53 Å². The third-order valence-electron chi connectivity index (χ3n) is 6.05. The number of rotatable bonds is 3. The highest BCUT2D eigenvalue weighted by Crippen LogP contribution is 2.25. The van der Waals surface area contributed by atoms with E-state index in [9.17, 15) is 9.59 Å². The van der Waals surface area contributed by atoms with Gasteiger partial charge in [0.05, 0.1) is 25.3 Å². The van der Waals surface area contributed by atoms with E-state index < -0.39 is 0 Å². The van der Waals surface area contributed by atoms with Crippen molar-refractivity contribution in [2.45, 2.75) is 51.6 Å². The summed E-state index contributed by atoms with van der Waals surface area (Å²) in [5, 5.41) is 1.01. The molecule has 0 spiro atoms. The Morgan fingerprint density at radius 1 is 1.21 bits per heavy atom. The second-order valence-electron chi connectivity index (χ2n) is 7.96. The summed E-state index contributed by atoms with van der Waals surface area (Å²) >= 11 is 0. The number of aromatic amines is 1. The Hall–Kier alpha value is -2.34. The predicted octanol–water partition coefficient (Wildman–Crippen LogP) is 3.42. The summed E-state index contributed by atoms with van der Waals surface area (Å²) in [7, 11) is 0. The molecule has 4 rings (SSSR count). The van der Waals surface area contributed by atoms with Crippen LogP contribution in [0, 0.1) is 6.92 Å². The standard InChI is InChI=1S/C22H29N3O3/c1-16-6-5-7-17-14-18(21(26)23-20(16)17)15-25(19-8-3-2-4-9-19)22(27)24-10-12-28-13-11-24/h5-7,14,19H,2-4,8-13,15H2,1H3,(H,23,26). The molecule has 0 bridgehead atoms. The van der Waals surface area contributed by atoms with Gasteiger partial charge in [0.1, 0.15) is 0 Å². The Kier molecular flexibility index (Phi) is 5.67. The van der Waals surface area contributed by atoms with E-state index in [0.29, 0.717) is 38.4 Å². The van der Waals surface area contributed by atoms with Crippen LogP contribution in [0.25, 0.3) is 10.9 Å². The number of nitrogens with one attached hydrogen (secondary N) is 1. The highest BCUT2D eigenvalue weighted by molar-refractivity contribution is 5.82. The number of carbonyl (C=O) groups excluding carboxylic acids is 1. The number of hydrogen-bond donors (Lipinski definition) is 1. The van der Waals surface area contributed by atoms with E-state index in [-0.39, 0.29) is 17.6 Å². The van der Waals surface area contributed by atoms with E-state index in [1.807, 2.05) is 41.0 Å². The summed E-state index contributed by atoms with van der Waals surface area (Å²) in [6, 6.07) is 8.20. The van der Waals surface area contributed by atoms with Crippen LogP contribution in [0.3, 0.4) is 0 Å². The van der Waals surface area contributed by atoms with Gasteiger partial charge in [0, 0.05) is 24.7 Å². The fourth-order valence-corrected chi connectivity index (χ4v) is 4.41. The van der Waals surface area contributed by atoms with Gasteiger partial charge in [-0.15, -0.1) is 0 Å². The third kappa shape index (κ3) is 3.92. The lowest BCUT2D eigenvalue weighted by Gasteiger charge is -2.39. The van der Waals surface area contributed by atoms with Gasteiger partial charge in [0.25, 0.3) is 5.56 Å². The Balaban J connectivity index is 1.64. The van der Waals surface area contributed by atoms with Crippen molar-refractivity contribution in [1.29, 1.82) is 0 Å². The molecule has 1 aliphatic heterocycles. The fraction of sp³-hybridized carbons (Fsp3) is 0.545. The van der Waals surface area contributed by atoms with Crippen LogP contribution < -0.4 is 5.56 Å². The van der Waals surface area contributed by atoms with Gasteiger partial charge in [-0.3, -0.25) is 4.79 Å². The number of para-hydroxylation sites is 1. The second kappa shape index (κ2) is 8.35. The van der Waals surface area contributed by atoms with Gasteiger partial charge in [0.15, 0.2) is 0 Å². The Labute approximate surface area is 165 Å². The average Bonchev–Trinajstić information content (AvgIpc) is 2.74. The molecule has 2 aliphatic rings. The minimum atomic E-state index is -0.0996. The smallest absolute Gasteiger partial charge is 0.320 e. The second-order valence-corrected chi connectivity index (χ2v) is 7.96. The summed E-state index contributed by atoms with van der Waals surface area (Å²) in [5.41, 5.74) is 2.48. The number of carbonyl (C=O) groups is 1. The van der Waals surface area contributed by atoms with E-state index in [4.69, 9.17) is 4.74 Å². The molecule has 2 fully saturated rings. The highest BCUT2D eigenvalue weighted by Gasteiger charge is 2.30. The van der Waals surface area contributed by atoms with Crippen LogP contribution in [-0.2, 0) is 11.3 Å². The molecule has 28 heavy (non-hydrogen) atoms. The number of benzene rings is 1. The number of fused-ring (bicyclic) bond motifs is 1. The maximum atomic E-state index is 13.3. The quantitative estimate of drug-likeness (QED) is 0.883. The molecule has 2 aromatic rings. The zero-order valence-electron chi connectivity index (χ0n) is 16.6. The number of nitrogens with zero attached hydrogens (tertiary/aromatic N) is 2. The van der Waals surface area contributed by atoms with Crippen molar-refractivity contribution in [3.63, 3.8) is 0 Å². The molecule has 6 nitrogen and oxygen atoms in total. The van der Waals surface area contributed by atoms with Gasteiger partial charge < -0.3 is 19.5 Å². The molecular formula is C22H29N3O3.